The Morgan fingerprint density at radius 1 is 1.29 bits per heavy atom. The quantitative estimate of drug-likeness (QED) is 0.577. The maximum atomic E-state index is 11.4. The molecule has 0 aliphatic rings. The van der Waals surface area contributed by atoms with Gasteiger partial charge in [-0.3, -0.25) is 4.79 Å². The van der Waals surface area contributed by atoms with Crippen molar-refractivity contribution in [2.75, 3.05) is 33.7 Å². The van der Waals surface area contributed by atoms with Crippen molar-refractivity contribution in [1.82, 2.24) is 9.80 Å². The van der Waals surface area contributed by atoms with Crippen molar-refractivity contribution in [3.05, 3.63) is 12.7 Å². The zero-order chi connectivity index (χ0) is 11.0. The molecule has 0 spiro atoms. The molecule has 0 aromatic rings. The minimum absolute atomic E-state index is 0.0469. The maximum Gasteiger partial charge on any atom is 0.245 e. The lowest BCUT2D eigenvalue weighted by Gasteiger charge is -2.21. The van der Waals surface area contributed by atoms with Crippen molar-refractivity contribution in [3.63, 3.8) is 0 Å². The van der Waals surface area contributed by atoms with Crippen LogP contribution < -0.4 is 0 Å². The van der Waals surface area contributed by atoms with Crippen molar-refractivity contribution in [2.24, 2.45) is 0 Å². The number of carbonyl (C=O) groups excluding carboxylic acids is 1. The maximum absolute atomic E-state index is 11.4. The molecule has 0 aromatic carbocycles. The van der Waals surface area contributed by atoms with E-state index in [1.165, 1.54) is 6.08 Å². The minimum Gasteiger partial charge on any atom is -0.339 e. The van der Waals surface area contributed by atoms with E-state index in [2.05, 4.69) is 18.4 Å². The molecule has 14 heavy (non-hydrogen) atoms. The lowest BCUT2D eigenvalue weighted by molar-refractivity contribution is -0.126. The summed E-state index contributed by atoms with van der Waals surface area (Å²) in [6, 6.07) is 0. The van der Waals surface area contributed by atoms with Crippen molar-refractivity contribution in [2.45, 2.75) is 19.8 Å². The molecule has 3 heteroatoms. The zero-order valence-corrected chi connectivity index (χ0v) is 9.62. The Hall–Kier alpha value is -0.830. The van der Waals surface area contributed by atoms with Crippen LogP contribution in [-0.4, -0.2) is 49.4 Å². The second kappa shape index (κ2) is 7.56. The topological polar surface area (TPSA) is 23.6 Å². The Labute approximate surface area is 87.4 Å². The Bertz CT molecular complexity index is 178. The van der Waals surface area contributed by atoms with Crippen LogP contribution >= 0.6 is 0 Å². The number of carbonyl (C=O) groups is 1. The van der Waals surface area contributed by atoms with Gasteiger partial charge in [0, 0.05) is 13.1 Å². The molecular weight excluding hydrogens is 176 g/mol. The summed E-state index contributed by atoms with van der Waals surface area (Å²) in [5.41, 5.74) is 0. The highest BCUT2D eigenvalue weighted by molar-refractivity contribution is 5.86. The highest BCUT2D eigenvalue weighted by atomic mass is 16.2. The number of hydrogen-bond acceptors (Lipinski definition) is 2. The third kappa shape index (κ3) is 5.75. The fourth-order valence-electron chi connectivity index (χ4n) is 1.31. The Morgan fingerprint density at radius 3 is 2.36 bits per heavy atom. The fourth-order valence-corrected chi connectivity index (χ4v) is 1.31. The van der Waals surface area contributed by atoms with Crippen LogP contribution in [0, 0.1) is 0 Å². The molecule has 0 saturated heterocycles. The van der Waals surface area contributed by atoms with Gasteiger partial charge in [0.25, 0.3) is 0 Å². The van der Waals surface area contributed by atoms with Gasteiger partial charge in [0.05, 0.1) is 0 Å². The van der Waals surface area contributed by atoms with Gasteiger partial charge in [0.15, 0.2) is 0 Å². The van der Waals surface area contributed by atoms with Gasteiger partial charge in [-0.15, -0.1) is 0 Å². The van der Waals surface area contributed by atoms with Gasteiger partial charge in [-0.05, 0) is 39.6 Å². The smallest absolute Gasteiger partial charge is 0.245 e. The monoisotopic (exact) mass is 198 g/mol. The number of amides is 1. The highest BCUT2D eigenvalue weighted by Gasteiger charge is 2.07. The molecule has 82 valence electrons. The summed E-state index contributed by atoms with van der Waals surface area (Å²) in [6.07, 6.45) is 3.42. The zero-order valence-electron chi connectivity index (χ0n) is 9.62. The second-order valence-corrected chi connectivity index (χ2v) is 3.69. The van der Waals surface area contributed by atoms with Crippen LogP contribution in [0.15, 0.2) is 12.7 Å². The fraction of sp³-hybridized carbons (Fsp3) is 0.727. The van der Waals surface area contributed by atoms with Gasteiger partial charge in [-0.1, -0.05) is 13.5 Å². The molecule has 3 nitrogen and oxygen atoms in total. The lowest BCUT2D eigenvalue weighted by Crippen LogP contribution is -2.32. The molecule has 1 amide bonds. The standard InChI is InChI=1S/C11H22N2O/c1-5-8-13(11(14)6-2)10-7-9-12(3)4/h6H,2,5,7-10H2,1,3-4H3. The molecule has 0 fully saturated rings. The van der Waals surface area contributed by atoms with E-state index < -0.39 is 0 Å². The normalized spacial score (nSPS) is 10.3. The van der Waals surface area contributed by atoms with Crippen LogP contribution in [0.1, 0.15) is 19.8 Å². The minimum atomic E-state index is 0.0469. The number of rotatable bonds is 7. The number of nitrogens with zero attached hydrogens (tertiary/aromatic N) is 2. The molecule has 0 aliphatic heterocycles. The Morgan fingerprint density at radius 2 is 1.93 bits per heavy atom. The van der Waals surface area contributed by atoms with E-state index in [9.17, 15) is 4.79 Å². The molecule has 0 heterocycles. The van der Waals surface area contributed by atoms with Crippen molar-refractivity contribution < 1.29 is 4.79 Å². The molecule has 0 saturated carbocycles. The molecular formula is C11H22N2O. The van der Waals surface area contributed by atoms with Crippen molar-refractivity contribution in [3.8, 4) is 0 Å². The Kier molecular flexibility index (Phi) is 7.11. The van der Waals surface area contributed by atoms with Gasteiger partial charge in [0.2, 0.25) is 5.91 Å². The van der Waals surface area contributed by atoms with Crippen LogP contribution in [0.3, 0.4) is 0 Å². The van der Waals surface area contributed by atoms with E-state index in [1.807, 2.05) is 19.0 Å². The molecule has 0 rings (SSSR count). The van der Waals surface area contributed by atoms with Crippen LogP contribution in [0.2, 0.25) is 0 Å². The predicted molar refractivity (Wildman–Crippen MR) is 60.2 cm³/mol. The van der Waals surface area contributed by atoms with Crippen LogP contribution in [0.4, 0.5) is 0 Å². The van der Waals surface area contributed by atoms with E-state index in [0.29, 0.717) is 0 Å². The van der Waals surface area contributed by atoms with Gasteiger partial charge in [-0.2, -0.15) is 0 Å². The third-order valence-electron chi connectivity index (χ3n) is 2.01. The first kappa shape index (κ1) is 13.2. The van der Waals surface area contributed by atoms with E-state index in [-0.39, 0.29) is 5.91 Å². The van der Waals surface area contributed by atoms with Gasteiger partial charge in [0.1, 0.15) is 0 Å². The largest absolute Gasteiger partial charge is 0.339 e. The lowest BCUT2D eigenvalue weighted by atomic mass is 10.3. The van der Waals surface area contributed by atoms with E-state index in [4.69, 9.17) is 0 Å². The summed E-state index contributed by atoms with van der Waals surface area (Å²) in [6.45, 7) is 8.26. The molecule has 0 bridgehead atoms. The van der Waals surface area contributed by atoms with Gasteiger partial charge >= 0.3 is 0 Å². The molecule has 0 unspecified atom stereocenters. The molecule has 0 radical (unpaired) electrons. The van der Waals surface area contributed by atoms with E-state index in [0.717, 1.165) is 32.5 Å². The van der Waals surface area contributed by atoms with Crippen molar-refractivity contribution in [1.29, 1.82) is 0 Å². The summed E-state index contributed by atoms with van der Waals surface area (Å²) < 4.78 is 0. The van der Waals surface area contributed by atoms with E-state index >= 15 is 0 Å². The molecule has 0 atom stereocenters. The average Bonchev–Trinajstić information content (AvgIpc) is 2.15. The molecule has 0 aromatic heterocycles. The van der Waals surface area contributed by atoms with E-state index in [1.54, 1.807) is 0 Å². The Balaban J connectivity index is 3.84. The first-order valence-electron chi connectivity index (χ1n) is 5.17. The summed E-state index contributed by atoms with van der Waals surface area (Å²) in [4.78, 5) is 15.4. The molecule has 0 aliphatic carbocycles. The van der Waals surface area contributed by atoms with Crippen molar-refractivity contribution >= 4 is 5.91 Å². The van der Waals surface area contributed by atoms with Crippen LogP contribution in [0.25, 0.3) is 0 Å². The average molecular weight is 198 g/mol. The van der Waals surface area contributed by atoms with Gasteiger partial charge < -0.3 is 9.80 Å². The summed E-state index contributed by atoms with van der Waals surface area (Å²) >= 11 is 0. The van der Waals surface area contributed by atoms with Crippen LogP contribution in [0.5, 0.6) is 0 Å². The third-order valence-corrected chi connectivity index (χ3v) is 2.01. The SMILES string of the molecule is C=CC(=O)N(CCC)CCCN(C)C. The summed E-state index contributed by atoms with van der Waals surface area (Å²) in [5.74, 6) is 0.0469. The first-order valence-corrected chi connectivity index (χ1v) is 5.17. The van der Waals surface area contributed by atoms with Gasteiger partial charge in [-0.25, -0.2) is 0 Å². The number of hydrogen-bond donors (Lipinski definition) is 0. The summed E-state index contributed by atoms with van der Waals surface area (Å²) in [5, 5.41) is 0. The molecule has 0 N–H and O–H groups in total. The first-order chi connectivity index (χ1) is 6.61. The second-order valence-electron chi connectivity index (χ2n) is 3.69. The summed E-state index contributed by atoms with van der Waals surface area (Å²) in [7, 11) is 4.08. The predicted octanol–water partition coefficient (Wildman–Crippen LogP) is 1.36. The van der Waals surface area contributed by atoms with Crippen LogP contribution in [-0.2, 0) is 4.79 Å². The highest BCUT2D eigenvalue weighted by Crippen LogP contribution is 1.96.